The second-order valence-electron chi connectivity index (χ2n) is 9.58. The van der Waals surface area contributed by atoms with E-state index in [4.69, 9.17) is 16.3 Å². The summed E-state index contributed by atoms with van der Waals surface area (Å²) >= 11 is 6.27. The van der Waals surface area contributed by atoms with Gasteiger partial charge in [-0.15, -0.1) is 0 Å². The first-order valence-corrected chi connectivity index (χ1v) is 14.9. The molecule has 3 aromatic rings. The van der Waals surface area contributed by atoms with Crippen LogP contribution >= 0.6 is 11.6 Å². The Labute approximate surface area is 241 Å². The number of amides is 2. The van der Waals surface area contributed by atoms with Crippen LogP contribution in [0.15, 0.2) is 77.7 Å². The number of nitrogens with zero attached hydrogens (tertiary/aromatic N) is 2. The molecule has 214 valence electrons. The van der Waals surface area contributed by atoms with E-state index >= 15 is 0 Å². The highest BCUT2D eigenvalue weighted by Crippen LogP contribution is 2.35. The lowest BCUT2D eigenvalue weighted by Gasteiger charge is -2.33. The van der Waals surface area contributed by atoms with Gasteiger partial charge in [0.2, 0.25) is 11.8 Å². The minimum absolute atomic E-state index is 0.00200. The molecule has 0 aromatic heterocycles. The van der Waals surface area contributed by atoms with Crippen molar-refractivity contribution in [2.24, 2.45) is 0 Å². The van der Waals surface area contributed by atoms with Crippen molar-refractivity contribution in [3.05, 3.63) is 88.9 Å². The van der Waals surface area contributed by atoms with Crippen molar-refractivity contribution in [2.45, 2.75) is 57.6 Å². The molecule has 0 radical (unpaired) electrons. The molecule has 0 aliphatic heterocycles. The number of ether oxygens (including phenoxy) is 1. The standard InChI is InChI=1S/C30H36ClN3O5S/c1-6-22(3)32-30(36)23(4)33(19-24-13-11-10-12-21(24)2)29(35)20-34(27-18-25(31)16-17-28(27)39-5)40(37,38)26-14-8-7-9-15-26/h7-18,22-23H,6,19-20H2,1-5H3,(H,32,36). The number of rotatable bonds is 12. The average molecular weight is 586 g/mol. The monoisotopic (exact) mass is 585 g/mol. The summed E-state index contributed by atoms with van der Waals surface area (Å²) in [5.41, 5.74) is 1.90. The summed E-state index contributed by atoms with van der Waals surface area (Å²) < 4.78 is 34.3. The lowest BCUT2D eigenvalue weighted by atomic mass is 10.1. The van der Waals surface area contributed by atoms with Gasteiger partial charge in [-0.05, 0) is 68.7 Å². The number of benzene rings is 3. The van der Waals surface area contributed by atoms with E-state index in [1.54, 1.807) is 37.3 Å². The molecule has 8 nitrogen and oxygen atoms in total. The van der Waals surface area contributed by atoms with Crippen molar-refractivity contribution in [1.82, 2.24) is 10.2 Å². The molecule has 3 rings (SSSR count). The topological polar surface area (TPSA) is 96.0 Å². The summed E-state index contributed by atoms with van der Waals surface area (Å²) in [5, 5.41) is 3.20. The van der Waals surface area contributed by atoms with E-state index in [0.717, 1.165) is 21.9 Å². The van der Waals surface area contributed by atoms with Crippen LogP contribution in [0, 0.1) is 6.92 Å². The molecule has 0 heterocycles. The van der Waals surface area contributed by atoms with Crippen LogP contribution in [0.25, 0.3) is 0 Å². The average Bonchev–Trinajstić information content (AvgIpc) is 2.95. The van der Waals surface area contributed by atoms with Gasteiger partial charge in [-0.25, -0.2) is 8.42 Å². The SMILES string of the molecule is CCC(C)NC(=O)C(C)N(Cc1ccccc1C)C(=O)CN(c1cc(Cl)ccc1OC)S(=O)(=O)c1ccccc1. The quantitative estimate of drug-likeness (QED) is 0.316. The highest BCUT2D eigenvalue weighted by atomic mass is 35.5. The fraction of sp³-hybridized carbons (Fsp3) is 0.333. The number of carbonyl (C=O) groups excluding carboxylic acids is 2. The van der Waals surface area contributed by atoms with Crippen molar-refractivity contribution < 1.29 is 22.7 Å². The van der Waals surface area contributed by atoms with Gasteiger partial charge >= 0.3 is 0 Å². The Balaban J connectivity index is 2.09. The van der Waals surface area contributed by atoms with E-state index in [-0.39, 0.29) is 39.8 Å². The van der Waals surface area contributed by atoms with E-state index in [1.807, 2.05) is 45.0 Å². The first-order chi connectivity index (χ1) is 19.0. The largest absolute Gasteiger partial charge is 0.495 e. The molecule has 0 spiro atoms. The molecule has 0 aliphatic rings. The molecule has 0 saturated heterocycles. The smallest absolute Gasteiger partial charge is 0.264 e. The first-order valence-electron chi connectivity index (χ1n) is 13.0. The summed E-state index contributed by atoms with van der Waals surface area (Å²) in [7, 11) is -2.82. The number of aryl methyl sites for hydroxylation is 1. The normalized spacial score (nSPS) is 12.8. The number of methoxy groups -OCH3 is 1. The number of sulfonamides is 1. The van der Waals surface area contributed by atoms with Crippen LogP contribution in [0.4, 0.5) is 5.69 Å². The van der Waals surface area contributed by atoms with E-state index in [1.165, 1.54) is 30.2 Å². The Morgan fingerprint density at radius 1 is 1.00 bits per heavy atom. The van der Waals surface area contributed by atoms with E-state index in [9.17, 15) is 18.0 Å². The Hall–Kier alpha value is -3.56. The number of halogens is 1. The summed E-state index contributed by atoms with van der Waals surface area (Å²) in [5.74, 6) is -0.657. The molecule has 2 atom stereocenters. The minimum atomic E-state index is -4.24. The second-order valence-corrected chi connectivity index (χ2v) is 11.9. The molecule has 40 heavy (non-hydrogen) atoms. The molecule has 10 heteroatoms. The fourth-order valence-electron chi connectivity index (χ4n) is 4.11. The lowest BCUT2D eigenvalue weighted by molar-refractivity contribution is -0.139. The molecule has 0 saturated carbocycles. The minimum Gasteiger partial charge on any atom is -0.495 e. The van der Waals surface area contributed by atoms with Crippen LogP contribution in [0.5, 0.6) is 5.75 Å². The molecule has 2 amide bonds. The van der Waals surface area contributed by atoms with Crippen LogP contribution in [0.3, 0.4) is 0 Å². The Morgan fingerprint density at radius 3 is 2.27 bits per heavy atom. The molecular weight excluding hydrogens is 550 g/mol. The van der Waals surface area contributed by atoms with Gasteiger partial charge in [0, 0.05) is 17.6 Å². The van der Waals surface area contributed by atoms with Gasteiger partial charge in [-0.2, -0.15) is 0 Å². The maximum absolute atomic E-state index is 14.1. The predicted octanol–water partition coefficient (Wildman–Crippen LogP) is 5.18. The number of carbonyl (C=O) groups is 2. The summed E-state index contributed by atoms with van der Waals surface area (Å²) in [4.78, 5) is 28.7. The number of hydrogen-bond donors (Lipinski definition) is 1. The van der Waals surface area contributed by atoms with Gasteiger partial charge < -0.3 is 15.0 Å². The van der Waals surface area contributed by atoms with Crippen molar-refractivity contribution in [3.63, 3.8) is 0 Å². The molecule has 0 fully saturated rings. The molecule has 0 aliphatic carbocycles. The zero-order chi connectivity index (χ0) is 29.4. The fourth-order valence-corrected chi connectivity index (χ4v) is 5.71. The number of nitrogens with one attached hydrogen (secondary N) is 1. The van der Waals surface area contributed by atoms with Crippen molar-refractivity contribution in [1.29, 1.82) is 0 Å². The lowest BCUT2D eigenvalue weighted by Crippen LogP contribution is -2.52. The third-order valence-electron chi connectivity index (χ3n) is 6.79. The van der Waals surface area contributed by atoms with Crippen LogP contribution in [-0.2, 0) is 26.2 Å². The third kappa shape index (κ3) is 7.34. The Kier molecular flexibility index (Phi) is 10.6. The molecular formula is C30H36ClN3O5S. The molecule has 2 unspecified atom stereocenters. The van der Waals surface area contributed by atoms with Gasteiger partial charge in [-0.3, -0.25) is 13.9 Å². The number of anilines is 1. The second kappa shape index (κ2) is 13.7. The predicted molar refractivity (Wildman–Crippen MR) is 158 cm³/mol. The van der Waals surface area contributed by atoms with Gasteiger partial charge in [0.15, 0.2) is 0 Å². The van der Waals surface area contributed by atoms with Gasteiger partial charge in [0.05, 0.1) is 17.7 Å². The van der Waals surface area contributed by atoms with Crippen LogP contribution in [0.2, 0.25) is 5.02 Å². The summed E-state index contributed by atoms with van der Waals surface area (Å²) in [6.45, 7) is 6.94. The zero-order valence-corrected chi connectivity index (χ0v) is 25.0. The van der Waals surface area contributed by atoms with E-state index < -0.39 is 28.5 Å². The van der Waals surface area contributed by atoms with E-state index in [2.05, 4.69) is 5.32 Å². The van der Waals surface area contributed by atoms with Crippen molar-refractivity contribution in [2.75, 3.05) is 18.0 Å². The summed E-state index contributed by atoms with van der Waals surface area (Å²) in [6, 6.07) is 19.0. The Morgan fingerprint density at radius 2 is 1.65 bits per heavy atom. The van der Waals surface area contributed by atoms with E-state index in [0.29, 0.717) is 0 Å². The van der Waals surface area contributed by atoms with Crippen LogP contribution in [0.1, 0.15) is 38.3 Å². The first kappa shape index (κ1) is 31.0. The highest BCUT2D eigenvalue weighted by molar-refractivity contribution is 7.92. The Bertz CT molecular complexity index is 1430. The zero-order valence-electron chi connectivity index (χ0n) is 23.4. The highest BCUT2D eigenvalue weighted by Gasteiger charge is 2.34. The van der Waals surface area contributed by atoms with Crippen molar-refractivity contribution >= 4 is 39.1 Å². The van der Waals surface area contributed by atoms with Crippen LogP contribution < -0.4 is 14.4 Å². The van der Waals surface area contributed by atoms with Crippen molar-refractivity contribution in [3.8, 4) is 5.75 Å². The maximum Gasteiger partial charge on any atom is 0.264 e. The summed E-state index contributed by atoms with van der Waals surface area (Å²) in [6.07, 6.45) is 0.724. The van der Waals surface area contributed by atoms with Gasteiger partial charge in [0.25, 0.3) is 10.0 Å². The third-order valence-corrected chi connectivity index (χ3v) is 8.80. The van der Waals surface area contributed by atoms with Gasteiger partial charge in [0.1, 0.15) is 18.3 Å². The molecule has 0 bridgehead atoms. The van der Waals surface area contributed by atoms with Crippen LogP contribution in [-0.4, -0.2) is 50.9 Å². The molecule has 1 N–H and O–H groups in total. The number of hydrogen-bond acceptors (Lipinski definition) is 5. The maximum atomic E-state index is 14.1. The molecule has 3 aromatic carbocycles. The van der Waals surface area contributed by atoms with Gasteiger partial charge in [-0.1, -0.05) is 61.0 Å².